The van der Waals surface area contributed by atoms with Gasteiger partial charge in [0.2, 0.25) is 0 Å². The fourth-order valence-corrected chi connectivity index (χ4v) is 6.34. The first-order chi connectivity index (χ1) is 15.5. The largest absolute Gasteiger partial charge is 0.497 e. The van der Waals surface area contributed by atoms with Gasteiger partial charge in [0.25, 0.3) is 0 Å². The molecule has 4 heterocycles. The van der Waals surface area contributed by atoms with Crippen LogP contribution in [0.25, 0.3) is 10.9 Å². The molecule has 0 radical (unpaired) electrons. The van der Waals surface area contributed by atoms with Gasteiger partial charge >= 0.3 is 0 Å². The summed E-state index contributed by atoms with van der Waals surface area (Å²) in [4.78, 5) is 4.52. The average Bonchev–Trinajstić information content (AvgIpc) is 2.84. The number of quaternary nitrogens is 1. The molecule has 0 amide bonds. The minimum absolute atomic E-state index is 0.144. The van der Waals surface area contributed by atoms with E-state index in [0.29, 0.717) is 11.8 Å². The van der Waals surface area contributed by atoms with Gasteiger partial charge in [-0.1, -0.05) is 34.1 Å². The maximum atomic E-state index is 11.9. The first-order valence-corrected chi connectivity index (χ1v) is 12.2. The Hall–Kier alpha value is -2.21. The van der Waals surface area contributed by atoms with Crippen LogP contribution in [0.15, 0.2) is 71.9 Å². The Balaban J connectivity index is 1.55. The topological polar surface area (TPSA) is 42.4 Å². The van der Waals surface area contributed by atoms with E-state index in [4.69, 9.17) is 4.74 Å². The highest BCUT2D eigenvalue weighted by Gasteiger charge is 2.53. The van der Waals surface area contributed by atoms with Crippen LogP contribution in [0.4, 0.5) is 0 Å². The van der Waals surface area contributed by atoms with Gasteiger partial charge in [-0.15, -0.1) is 6.58 Å². The zero-order chi connectivity index (χ0) is 22.3. The second-order valence-corrected chi connectivity index (χ2v) is 10.3. The number of nitrogens with zero attached hydrogens (tertiary/aromatic N) is 2. The van der Waals surface area contributed by atoms with Crippen molar-refractivity contribution >= 4 is 26.8 Å². The van der Waals surface area contributed by atoms with Crippen LogP contribution in [0.5, 0.6) is 5.75 Å². The lowest BCUT2D eigenvalue weighted by atomic mass is 9.71. The average molecular weight is 494 g/mol. The second kappa shape index (κ2) is 8.62. The summed E-state index contributed by atoms with van der Waals surface area (Å²) < 4.78 is 7.46. The van der Waals surface area contributed by atoms with E-state index in [1.807, 2.05) is 30.5 Å². The Morgan fingerprint density at radius 3 is 2.81 bits per heavy atom. The molecule has 3 aromatic rings. The summed E-state index contributed by atoms with van der Waals surface area (Å²) in [6, 6.07) is 16.7. The number of fused-ring (bicyclic) bond motifs is 4. The Morgan fingerprint density at radius 2 is 2.06 bits per heavy atom. The van der Waals surface area contributed by atoms with Crippen molar-refractivity contribution < 1.29 is 14.3 Å². The van der Waals surface area contributed by atoms with E-state index >= 15 is 0 Å². The van der Waals surface area contributed by atoms with Crippen molar-refractivity contribution in [1.29, 1.82) is 0 Å². The Kier molecular flexibility index (Phi) is 5.82. The van der Waals surface area contributed by atoms with E-state index in [2.05, 4.69) is 57.8 Å². The predicted molar refractivity (Wildman–Crippen MR) is 131 cm³/mol. The molecule has 0 saturated carbocycles. The minimum atomic E-state index is -0.559. The molecule has 5 atom stereocenters. The normalized spacial score (nSPS) is 27.9. The summed E-state index contributed by atoms with van der Waals surface area (Å²) in [5.41, 5.74) is 3.16. The number of methoxy groups -OCH3 is 1. The van der Waals surface area contributed by atoms with E-state index < -0.39 is 6.10 Å². The fourth-order valence-electron chi connectivity index (χ4n) is 6.07. The Bertz CT molecular complexity index is 1130. The summed E-state index contributed by atoms with van der Waals surface area (Å²) >= 11 is 3.56. The number of pyridine rings is 1. The molecule has 6 rings (SSSR count). The van der Waals surface area contributed by atoms with Gasteiger partial charge in [0.05, 0.1) is 25.7 Å². The molecular weight excluding hydrogens is 464 g/mol. The summed E-state index contributed by atoms with van der Waals surface area (Å²) in [7, 11) is 1.67. The Morgan fingerprint density at radius 1 is 1.25 bits per heavy atom. The summed E-state index contributed by atoms with van der Waals surface area (Å²) in [6.45, 7) is 7.21. The van der Waals surface area contributed by atoms with Crippen LogP contribution < -0.4 is 4.74 Å². The molecular formula is C27H30BrN2O2+. The first-order valence-electron chi connectivity index (χ1n) is 11.4. The van der Waals surface area contributed by atoms with Crippen molar-refractivity contribution in [3.8, 4) is 5.75 Å². The maximum absolute atomic E-state index is 11.9. The van der Waals surface area contributed by atoms with Crippen molar-refractivity contribution in [2.75, 3.05) is 20.2 Å². The Labute approximate surface area is 198 Å². The van der Waals surface area contributed by atoms with Gasteiger partial charge in [-0.25, -0.2) is 0 Å². The monoisotopic (exact) mass is 493 g/mol. The minimum Gasteiger partial charge on any atom is -0.497 e. The number of piperidine rings is 3. The number of hydrogen-bond acceptors (Lipinski definition) is 3. The molecule has 4 nitrogen and oxygen atoms in total. The predicted octanol–water partition coefficient (Wildman–Crippen LogP) is 5.65. The molecule has 0 spiro atoms. The number of ether oxygens (including phenoxy) is 1. The van der Waals surface area contributed by atoms with Crippen molar-refractivity contribution in [3.05, 3.63) is 83.0 Å². The molecule has 1 N–H and O–H groups in total. The number of aromatic nitrogens is 1. The number of hydrogen-bond donors (Lipinski definition) is 1. The van der Waals surface area contributed by atoms with E-state index in [-0.39, 0.29) is 6.04 Å². The highest BCUT2D eigenvalue weighted by Crippen LogP contribution is 2.48. The summed E-state index contributed by atoms with van der Waals surface area (Å²) in [6.07, 6.45) is 5.61. The number of aliphatic hydroxyl groups is 1. The van der Waals surface area contributed by atoms with Crippen LogP contribution in [0.1, 0.15) is 30.1 Å². The second-order valence-electron chi connectivity index (χ2n) is 9.39. The third-order valence-electron chi connectivity index (χ3n) is 7.75. The SMILES string of the molecule is C=CC1C[N+]2(Cc3ccc(Br)cc3)CCC1CC2C(O)c1ccnc2ccc(OC)cc12. The molecule has 32 heavy (non-hydrogen) atoms. The third-order valence-corrected chi connectivity index (χ3v) is 8.28. The van der Waals surface area contributed by atoms with Gasteiger partial charge in [-0.3, -0.25) is 4.98 Å². The quantitative estimate of drug-likeness (QED) is 0.356. The summed E-state index contributed by atoms with van der Waals surface area (Å²) in [5.74, 6) is 1.89. The van der Waals surface area contributed by atoms with Crippen LogP contribution in [-0.2, 0) is 6.54 Å². The van der Waals surface area contributed by atoms with Gasteiger partial charge in [0.15, 0.2) is 0 Å². The van der Waals surface area contributed by atoms with E-state index in [0.717, 1.165) is 57.2 Å². The lowest BCUT2D eigenvalue weighted by Crippen LogP contribution is -2.67. The lowest BCUT2D eigenvalue weighted by Gasteiger charge is -2.58. The molecule has 5 heteroatoms. The molecule has 2 bridgehead atoms. The number of rotatable bonds is 6. The van der Waals surface area contributed by atoms with Gasteiger partial charge in [-0.2, -0.15) is 0 Å². The number of benzene rings is 2. The third kappa shape index (κ3) is 3.76. The van der Waals surface area contributed by atoms with Crippen LogP contribution >= 0.6 is 15.9 Å². The fraction of sp³-hybridized carbons (Fsp3) is 0.370. The number of aliphatic hydroxyl groups excluding tert-OH is 1. The molecule has 5 unspecified atom stereocenters. The van der Waals surface area contributed by atoms with Crippen LogP contribution in [-0.4, -0.2) is 40.8 Å². The van der Waals surface area contributed by atoms with Crippen molar-refractivity contribution in [2.45, 2.75) is 31.5 Å². The molecule has 2 aromatic carbocycles. The van der Waals surface area contributed by atoms with Crippen LogP contribution in [0.3, 0.4) is 0 Å². The smallest absolute Gasteiger partial charge is 0.131 e. The molecule has 3 fully saturated rings. The molecule has 3 aliphatic heterocycles. The van der Waals surface area contributed by atoms with E-state index in [1.165, 1.54) is 12.0 Å². The highest BCUT2D eigenvalue weighted by atomic mass is 79.9. The van der Waals surface area contributed by atoms with Gasteiger partial charge in [0.1, 0.15) is 24.4 Å². The van der Waals surface area contributed by atoms with Gasteiger partial charge in [0, 0.05) is 40.4 Å². The lowest BCUT2D eigenvalue weighted by molar-refractivity contribution is -0.984. The van der Waals surface area contributed by atoms with E-state index in [1.54, 1.807) is 7.11 Å². The number of halogens is 1. The zero-order valence-corrected chi connectivity index (χ0v) is 20.0. The van der Waals surface area contributed by atoms with Crippen molar-refractivity contribution in [2.24, 2.45) is 11.8 Å². The van der Waals surface area contributed by atoms with E-state index in [9.17, 15) is 5.11 Å². The van der Waals surface area contributed by atoms with Gasteiger partial charge in [-0.05, 0) is 47.9 Å². The molecule has 3 aliphatic rings. The highest BCUT2D eigenvalue weighted by molar-refractivity contribution is 9.10. The van der Waals surface area contributed by atoms with Crippen LogP contribution in [0.2, 0.25) is 0 Å². The maximum Gasteiger partial charge on any atom is 0.131 e. The van der Waals surface area contributed by atoms with Crippen molar-refractivity contribution in [1.82, 2.24) is 4.98 Å². The molecule has 3 saturated heterocycles. The molecule has 1 aromatic heterocycles. The molecule has 166 valence electrons. The zero-order valence-electron chi connectivity index (χ0n) is 18.5. The molecule has 0 aliphatic carbocycles. The van der Waals surface area contributed by atoms with Gasteiger partial charge < -0.3 is 14.3 Å². The summed E-state index contributed by atoms with van der Waals surface area (Å²) in [5, 5.41) is 12.8. The standard InChI is InChI=1S/C27H30BrN2O2/c1-3-19-17-30(16-18-4-6-21(28)7-5-18)13-11-20(19)14-26(30)27(31)23-10-12-29-25-9-8-22(32-2)15-24(23)25/h3-10,12,15,19-20,26-27,31H,1,11,13-14,16-17H2,2H3/q+1. The first kappa shape index (κ1) is 21.6. The van der Waals surface area contributed by atoms with Crippen molar-refractivity contribution in [3.63, 3.8) is 0 Å². The van der Waals surface area contributed by atoms with Crippen LogP contribution in [0, 0.1) is 11.8 Å².